The van der Waals surface area contributed by atoms with Gasteiger partial charge in [0.1, 0.15) is 0 Å². The van der Waals surface area contributed by atoms with Gasteiger partial charge in [-0.1, -0.05) is 20.3 Å². The quantitative estimate of drug-likeness (QED) is 0.715. The Morgan fingerprint density at radius 3 is 2.50 bits per heavy atom. The number of aromatic nitrogens is 2. The zero-order chi connectivity index (χ0) is 10.1. The first-order chi connectivity index (χ1) is 6.68. The van der Waals surface area contributed by atoms with Crippen molar-refractivity contribution in [2.75, 3.05) is 0 Å². The smallest absolute Gasteiger partial charge is 0.0691 e. The Balaban J connectivity index is 2.37. The van der Waals surface area contributed by atoms with Crippen molar-refractivity contribution in [3.05, 3.63) is 23.0 Å². The maximum Gasteiger partial charge on any atom is 0.0691 e. The molecule has 1 aromatic heterocycles. The average Bonchev–Trinajstić information content (AvgIpc) is 2.00. The molecule has 0 N–H and O–H groups in total. The van der Waals surface area contributed by atoms with Crippen LogP contribution in [0.2, 0.25) is 0 Å². The first kappa shape index (κ1) is 9.63. The number of nitrogens with zero attached hydrogens (tertiary/aromatic N) is 2. The maximum absolute atomic E-state index is 4.33. The number of aryl methyl sites for hydroxylation is 1. The van der Waals surface area contributed by atoms with E-state index < -0.39 is 0 Å². The molecule has 14 heavy (non-hydrogen) atoms. The molecular weight excluding hydrogens is 172 g/mol. The summed E-state index contributed by atoms with van der Waals surface area (Å²) < 4.78 is 0. The second-order valence-corrected chi connectivity index (χ2v) is 4.61. The molecule has 0 aromatic carbocycles. The molecule has 1 saturated carbocycles. The van der Waals surface area contributed by atoms with Crippen LogP contribution in [0.1, 0.15) is 61.9 Å². The van der Waals surface area contributed by atoms with Crippen molar-refractivity contribution in [3.8, 4) is 0 Å². The molecule has 1 heterocycles. The summed E-state index contributed by atoms with van der Waals surface area (Å²) in [5.41, 5.74) is 3.72. The average molecular weight is 190 g/mol. The Hall–Kier alpha value is -0.920. The van der Waals surface area contributed by atoms with Gasteiger partial charge in [0.05, 0.1) is 11.4 Å². The summed E-state index contributed by atoms with van der Waals surface area (Å²) in [4.78, 5) is 0. The third kappa shape index (κ3) is 1.66. The molecule has 2 nitrogen and oxygen atoms in total. The fraction of sp³-hybridized carbons (Fsp3) is 0.667. The minimum Gasteiger partial charge on any atom is -0.156 e. The predicted molar refractivity (Wildman–Crippen MR) is 57.5 cm³/mol. The molecule has 0 aliphatic heterocycles. The van der Waals surface area contributed by atoms with E-state index in [9.17, 15) is 0 Å². The van der Waals surface area contributed by atoms with E-state index in [4.69, 9.17) is 0 Å². The van der Waals surface area contributed by atoms with Crippen LogP contribution >= 0.6 is 0 Å². The third-order valence-corrected chi connectivity index (χ3v) is 3.07. The van der Waals surface area contributed by atoms with Crippen molar-refractivity contribution in [1.29, 1.82) is 0 Å². The Bertz CT molecular complexity index is 327. The summed E-state index contributed by atoms with van der Waals surface area (Å²) in [7, 11) is 0. The SMILES string of the molecule is Cc1cc(C2CCC2)c(C(C)C)nn1. The first-order valence-corrected chi connectivity index (χ1v) is 5.52. The fourth-order valence-corrected chi connectivity index (χ4v) is 2.01. The summed E-state index contributed by atoms with van der Waals surface area (Å²) in [5.74, 6) is 1.26. The topological polar surface area (TPSA) is 25.8 Å². The highest BCUT2D eigenvalue weighted by Crippen LogP contribution is 2.39. The molecule has 0 unspecified atom stereocenters. The van der Waals surface area contributed by atoms with Crippen LogP contribution in [0.15, 0.2) is 6.07 Å². The monoisotopic (exact) mass is 190 g/mol. The molecule has 1 aliphatic rings. The summed E-state index contributed by atoms with van der Waals surface area (Å²) in [6, 6.07) is 2.23. The van der Waals surface area contributed by atoms with E-state index in [-0.39, 0.29) is 0 Å². The van der Waals surface area contributed by atoms with Crippen LogP contribution in [0, 0.1) is 6.92 Å². The molecule has 76 valence electrons. The van der Waals surface area contributed by atoms with Gasteiger partial charge in [0.2, 0.25) is 0 Å². The molecule has 0 saturated heterocycles. The Morgan fingerprint density at radius 1 is 1.29 bits per heavy atom. The van der Waals surface area contributed by atoms with Crippen molar-refractivity contribution in [2.45, 2.75) is 51.9 Å². The van der Waals surface area contributed by atoms with Gasteiger partial charge in [-0.2, -0.15) is 10.2 Å². The van der Waals surface area contributed by atoms with Crippen molar-refractivity contribution >= 4 is 0 Å². The lowest BCUT2D eigenvalue weighted by molar-refractivity contribution is 0.413. The normalized spacial score (nSPS) is 17.1. The highest BCUT2D eigenvalue weighted by atomic mass is 15.1. The lowest BCUT2D eigenvalue weighted by Crippen LogP contribution is -2.14. The van der Waals surface area contributed by atoms with Crippen molar-refractivity contribution in [1.82, 2.24) is 10.2 Å². The molecular formula is C12H18N2. The van der Waals surface area contributed by atoms with Crippen LogP contribution in [0.3, 0.4) is 0 Å². The van der Waals surface area contributed by atoms with Gasteiger partial charge in [-0.15, -0.1) is 0 Å². The van der Waals surface area contributed by atoms with E-state index in [0.717, 1.165) is 11.6 Å². The van der Waals surface area contributed by atoms with Crippen molar-refractivity contribution in [2.24, 2.45) is 0 Å². The molecule has 2 rings (SSSR count). The van der Waals surface area contributed by atoms with Gasteiger partial charge in [0.15, 0.2) is 0 Å². The van der Waals surface area contributed by atoms with Gasteiger partial charge >= 0.3 is 0 Å². The van der Waals surface area contributed by atoms with Crippen LogP contribution in [0.5, 0.6) is 0 Å². The minimum absolute atomic E-state index is 0.499. The lowest BCUT2D eigenvalue weighted by Gasteiger charge is -2.28. The van der Waals surface area contributed by atoms with Gasteiger partial charge in [-0.25, -0.2) is 0 Å². The van der Waals surface area contributed by atoms with Crippen LogP contribution in [0.4, 0.5) is 0 Å². The Kier molecular flexibility index (Phi) is 2.53. The minimum atomic E-state index is 0.499. The molecule has 2 heteroatoms. The standard InChI is InChI=1S/C12H18N2/c1-8(2)12-11(10-5-4-6-10)7-9(3)13-14-12/h7-8,10H,4-6H2,1-3H3. The van der Waals surface area contributed by atoms with E-state index in [0.29, 0.717) is 5.92 Å². The van der Waals surface area contributed by atoms with Gasteiger partial charge < -0.3 is 0 Å². The number of hydrogen-bond acceptors (Lipinski definition) is 2. The van der Waals surface area contributed by atoms with Crippen LogP contribution in [0.25, 0.3) is 0 Å². The van der Waals surface area contributed by atoms with Gasteiger partial charge in [-0.05, 0) is 43.2 Å². The second kappa shape index (κ2) is 3.68. The summed E-state index contributed by atoms with van der Waals surface area (Å²) in [6.07, 6.45) is 4.05. The zero-order valence-electron chi connectivity index (χ0n) is 9.25. The molecule has 0 spiro atoms. The van der Waals surface area contributed by atoms with Crippen LogP contribution in [-0.2, 0) is 0 Å². The Morgan fingerprint density at radius 2 is 2.00 bits per heavy atom. The number of rotatable bonds is 2. The highest BCUT2D eigenvalue weighted by Gasteiger charge is 2.24. The summed E-state index contributed by atoms with van der Waals surface area (Å²) >= 11 is 0. The first-order valence-electron chi connectivity index (χ1n) is 5.52. The van der Waals surface area contributed by atoms with E-state index >= 15 is 0 Å². The zero-order valence-corrected chi connectivity index (χ0v) is 9.25. The van der Waals surface area contributed by atoms with E-state index in [2.05, 4.69) is 30.1 Å². The van der Waals surface area contributed by atoms with Crippen molar-refractivity contribution < 1.29 is 0 Å². The number of hydrogen-bond donors (Lipinski definition) is 0. The molecule has 0 atom stereocenters. The summed E-state index contributed by atoms with van der Waals surface area (Å²) in [6.45, 7) is 6.42. The van der Waals surface area contributed by atoms with Crippen LogP contribution in [-0.4, -0.2) is 10.2 Å². The lowest BCUT2D eigenvalue weighted by atomic mass is 9.78. The molecule has 1 aromatic rings. The molecule has 1 fully saturated rings. The summed E-state index contributed by atoms with van der Waals surface area (Å²) in [5, 5.41) is 8.48. The van der Waals surface area contributed by atoms with E-state index in [1.54, 1.807) is 0 Å². The van der Waals surface area contributed by atoms with E-state index in [1.165, 1.54) is 30.5 Å². The second-order valence-electron chi connectivity index (χ2n) is 4.61. The maximum atomic E-state index is 4.33. The van der Waals surface area contributed by atoms with Crippen molar-refractivity contribution in [3.63, 3.8) is 0 Å². The molecule has 0 radical (unpaired) electrons. The van der Waals surface area contributed by atoms with Gasteiger partial charge in [-0.3, -0.25) is 0 Å². The highest BCUT2D eigenvalue weighted by molar-refractivity contribution is 5.28. The largest absolute Gasteiger partial charge is 0.156 e. The predicted octanol–water partition coefficient (Wildman–Crippen LogP) is 3.18. The Labute approximate surface area is 85.8 Å². The van der Waals surface area contributed by atoms with Crippen LogP contribution < -0.4 is 0 Å². The van der Waals surface area contributed by atoms with Gasteiger partial charge in [0.25, 0.3) is 0 Å². The van der Waals surface area contributed by atoms with E-state index in [1.807, 2.05) is 6.92 Å². The fourth-order valence-electron chi connectivity index (χ4n) is 2.01. The molecule has 0 bridgehead atoms. The molecule has 1 aliphatic carbocycles. The third-order valence-electron chi connectivity index (χ3n) is 3.07. The van der Waals surface area contributed by atoms with Gasteiger partial charge in [0, 0.05) is 0 Å². The molecule has 0 amide bonds.